The zero-order valence-electron chi connectivity index (χ0n) is 1.91. The number of hydrogen-bond acceptors (Lipinski definition) is 0. The molecule has 0 unspecified atom stereocenters. The van der Waals surface area contributed by atoms with Gasteiger partial charge < -0.3 is 5.48 Å². The summed E-state index contributed by atoms with van der Waals surface area (Å²) in [5, 5.41) is 0. The molecule has 4 radical (unpaired) electrons. The van der Waals surface area contributed by atoms with E-state index in [4.69, 9.17) is 0 Å². The van der Waals surface area contributed by atoms with Gasteiger partial charge in [0.1, 0.15) is 0 Å². The summed E-state index contributed by atoms with van der Waals surface area (Å²) >= 11 is 0. The molecule has 4 heavy (non-hydrogen) atoms. The quantitative estimate of drug-likeness (QED) is 0.501. The summed E-state index contributed by atoms with van der Waals surface area (Å²) in [6.07, 6.45) is 0. The van der Waals surface area contributed by atoms with Crippen molar-refractivity contribution >= 4 is 27.3 Å². The van der Waals surface area contributed by atoms with E-state index in [9.17, 15) is 0 Å². The molecule has 1 nitrogen and oxygen atoms in total. The molecule has 0 bridgehead atoms. The summed E-state index contributed by atoms with van der Waals surface area (Å²) in [4.78, 5) is 0. The Bertz CT molecular complexity index is 8.00. The third kappa shape index (κ3) is 8.92. The molecule has 0 fully saturated rings. The maximum atomic E-state index is 0. The largest absolute Gasteiger partial charge is 0.412 e. The molecule has 4 heteroatoms. The molecule has 0 atom stereocenters. The van der Waals surface area contributed by atoms with Crippen molar-refractivity contribution in [3.8, 4) is 0 Å². The van der Waals surface area contributed by atoms with Crippen LogP contribution in [-0.2, 0) is 39.1 Å². The molecule has 0 saturated heterocycles. The minimum atomic E-state index is 0. The molecular formula is H2CrOPbTi. The van der Waals surface area contributed by atoms with Crippen molar-refractivity contribution in [3.63, 3.8) is 0 Å². The van der Waals surface area contributed by atoms with Crippen molar-refractivity contribution in [3.05, 3.63) is 0 Å². The second-order valence-electron chi connectivity index (χ2n) is 0. The first kappa shape index (κ1) is 35.6. The zero-order valence-corrected chi connectivity index (χ0v) is 8.63. The summed E-state index contributed by atoms with van der Waals surface area (Å²) in [7, 11) is 0. The summed E-state index contributed by atoms with van der Waals surface area (Å²) in [6.45, 7) is 0. The van der Waals surface area contributed by atoms with Gasteiger partial charge >= 0.3 is 0 Å². The van der Waals surface area contributed by atoms with Crippen LogP contribution in [0.25, 0.3) is 0 Å². The van der Waals surface area contributed by atoms with Gasteiger partial charge in [0, 0.05) is 66.4 Å². The third-order valence-corrected chi connectivity index (χ3v) is 0. The summed E-state index contributed by atoms with van der Waals surface area (Å²) in [6, 6.07) is 0. The Morgan fingerprint density at radius 2 is 1.00 bits per heavy atom. The van der Waals surface area contributed by atoms with Crippen LogP contribution in [0.4, 0.5) is 0 Å². The van der Waals surface area contributed by atoms with E-state index >= 15 is 0 Å². The van der Waals surface area contributed by atoms with Crippen LogP contribution >= 0.6 is 0 Å². The van der Waals surface area contributed by atoms with Crippen LogP contribution in [-0.4, -0.2) is 32.8 Å². The van der Waals surface area contributed by atoms with Gasteiger partial charge in [-0.2, -0.15) is 0 Å². The first-order valence-electron chi connectivity index (χ1n) is 0. The minimum absolute atomic E-state index is 0. The molecule has 0 aliphatic heterocycles. The van der Waals surface area contributed by atoms with Crippen LogP contribution in [0.2, 0.25) is 0 Å². The molecule has 2 N–H and O–H groups in total. The molecule has 22 valence electrons. The van der Waals surface area contributed by atoms with Gasteiger partial charge in [-0.1, -0.05) is 0 Å². The standard InChI is InChI=1S/Cr.H2O.Pb.Ti/h;1H2;;. The van der Waals surface area contributed by atoms with Crippen molar-refractivity contribution in [2.75, 3.05) is 0 Å². The molecule has 0 amide bonds. The van der Waals surface area contributed by atoms with Gasteiger partial charge in [-0.05, 0) is 0 Å². The Morgan fingerprint density at radius 3 is 1.00 bits per heavy atom. The topological polar surface area (TPSA) is 31.5 Å². The van der Waals surface area contributed by atoms with Gasteiger partial charge in [0.2, 0.25) is 0 Å². The smallest absolute Gasteiger partial charge is 0 e. The molecule has 0 spiro atoms. The van der Waals surface area contributed by atoms with Crippen molar-refractivity contribution in [1.82, 2.24) is 0 Å². The minimum Gasteiger partial charge on any atom is -0.412 e. The van der Waals surface area contributed by atoms with Crippen molar-refractivity contribution in [2.45, 2.75) is 0 Å². The molecule has 0 aromatic rings. The van der Waals surface area contributed by atoms with Gasteiger partial charge in [0.15, 0.2) is 0 Å². The normalized spacial score (nSPS) is 0. The Hall–Kier alpha value is 2.13. The maximum Gasteiger partial charge on any atom is 0 e. The van der Waals surface area contributed by atoms with E-state index in [-0.39, 0.29) is 71.9 Å². The van der Waals surface area contributed by atoms with E-state index in [1.165, 1.54) is 0 Å². The van der Waals surface area contributed by atoms with E-state index in [2.05, 4.69) is 0 Å². The van der Waals surface area contributed by atoms with Crippen LogP contribution in [0.1, 0.15) is 0 Å². The Balaban J connectivity index is 0. The second-order valence-corrected chi connectivity index (χ2v) is 0. The van der Waals surface area contributed by atoms with Crippen LogP contribution in [0.5, 0.6) is 0 Å². The molecule has 0 aromatic heterocycles. The summed E-state index contributed by atoms with van der Waals surface area (Å²) in [5.41, 5.74) is 0. The SMILES string of the molecule is O.[Cr].[Pb].[Ti]. The van der Waals surface area contributed by atoms with Crippen LogP contribution in [0, 0.1) is 0 Å². The van der Waals surface area contributed by atoms with E-state index in [1.54, 1.807) is 0 Å². The average Bonchev–Trinajstić information content (AvgIpc) is 0. The molecule has 0 aliphatic rings. The fourth-order valence-electron chi connectivity index (χ4n) is 0. The zero-order chi connectivity index (χ0) is 0. The first-order valence-corrected chi connectivity index (χ1v) is 0. The van der Waals surface area contributed by atoms with E-state index < -0.39 is 0 Å². The predicted octanol–water partition coefficient (Wildman–Crippen LogP) is -1.21. The van der Waals surface area contributed by atoms with Crippen LogP contribution in [0.15, 0.2) is 0 Å². The third-order valence-electron chi connectivity index (χ3n) is 0. The monoisotopic (exact) mass is 326 g/mol. The molecule has 0 aromatic carbocycles. The van der Waals surface area contributed by atoms with E-state index in [0.717, 1.165) is 0 Å². The van der Waals surface area contributed by atoms with Crippen LogP contribution in [0.3, 0.4) is 0 Å². The predicted molar refractivity (Wildman–Crippen MR) is 9.37 cm³/mol. The van der Waals surface area contributed by atoms with Crippen molar-refractivity contribution in [1.29, 1.82) is 0 Å². The molecule has 0 heterocycles. The number of rotatable bonds is 0. The fourth-order valence-corrected chi connectivity index (χ4v) is 0. The second kappa shape index (κ2) is 19.3. The van der Waals surface area contributed by atoms with Crippen LogP contribution < -0.4 is 0 Å². The van der Waals surface area contributed by atoms with E-state index in [0.29, 0.717) is 0 Å². The van der Waals surface area contributed by atoms with Crippen molar-refractivity contribution < 1.29 is 44.6 Å². The molecule has 0 aliphatic carbocycles. The molecule has 0 saturated carbocycles. The Kier molecular flexibility index (Phi) is 172. The van der Waals surface area contributed by atoms with Gasteiger partial charge in [0.25, 0.3) is 0 Å². The number of hydrogen-bond donors (Lipinski definition) is 0. The Labute approximate surface area is 71.0 Å². The average molecular weight is 325 g/mol. The summed E-state index contributed by atoms with van der Waals surface area (Å²) < 4.78 is 0. The van der Waals surface area contributed by atoms with Gasteiger partial charge in [-0.15, -0.1) is 0 Å². The van der Waals surface area contributed by atoms with Gasteiger partial charge in [0.05, 0.1) is 0 Å². The molecular weight excluding hydrogens is 323 g/mol. The van der Waals surface area contributed by atoms with Gasteiger partial charge in [-0.3, -0.25) is 0 Å². The molecule has 0 rings (SSSR count). The van der Waals surface area contributed by atoms with Gasteiger partial charge in [-0.25, -0.2) is 0 Å². The maximum absolute atomic E-state index is 0. The Morgan fingerprint density at radius 1 is 1.00 bits per heavy atom. The first-order chi connectivity index (χ1) is 0. The fraction of sp³-hybridized carbons (Fsp3) is 0. The summed E-state index contributed by atoms with van der Waals surface area (Å²) in [5.74, 6) is 0. The van der Waals surface area contributed by atoms with Crippen molar-refractivity contribution in [2.24, 2.45) is 0 Å². The van der Waals surface area contributed by atoms with E-state index in [1.807, 2.05) is 0 Å².